The number of ether oxygens (including phenoxy) is 1. The molecule has 0 radical (unpaired) electrons. The van der Waals surface area contributed by atoms with Crippen molar-refractivity contribution in [2.45, 2.75) is 32.6 Å². The van der Waals surface area contributed by atoms with Crippen molar-refractivity contribution in [3.8, 4) is 11.8 Å². The van der Waals surface area contributed by atoms with Gasteiger partial charge in [-0.2, -0.15) is 5.26 Å². The molecule has 4 heteroatoms. The molecule has 0 spiro atoms. The molecule has 0 saturated heterocycles. The summed E-state index contributed by atoms with van der Waals surface area (Å²) >= 11 is 0. The summed E-state index contributed by atoms with van der Waals surface area (Å²) in [6.45, 7) is 2.21. The van der Waals surface area contributed by atoms with E-state index in [1.54, 1.807) is 25.3 Å². The van der Waals surface area contributed by atoms with Gasteiger partial charge < -0.3 is 10.1 Å². The van der Waals surface area contributed by atoms with Crippen LogP contribution in [0.4, 0.5) is 5.69 Å². The Balaban J connectivity index is 2.14. The van der Waals surface area contributed by atoms with Gasteiger partial charge in [0.15, 0.2) is 0 Å². The van der Waals surface area contributed by atoms with E-state index in [0.29, 0.717) is 17.4 Å². The van der Waals surface area contributed by atoms with Gasteiger partial charge in [-0.3, -0.25) is 4.79 Å². The summed E-state index contributed by atoms with van der Waals surface area (Å²) in [4.78, 5) is 12.3. The third kappa shape index (κ3) is 3.85. The van der Waals surface area contributed by atoms with Gasteiger partial charge in [0.25, 0.3) is 5.91 Å². The van der Waals surface area contributed by atoms with Crippen LogP contribution in [0.15, 0.2) is 35.4 Å². The van der Waals surface area contributed by atoms with Crippen LogP contribution in [0.3, 0.4) is 0 Å². The van der Waals surface area contributed by atoms with Crippen molar-refractivity contribution < 1.29 is 9.53 Å². The third-order valence-electron chi connectivity index (χ3n) is 3.90. The summed E-state index contributed by atoms with van der Waals surface area (Å²) in [5, 5.41) is 12.1. The zero-order chi connectivity index (χ0) is 15.2. The summed E-state index contributed by atoms with van der Waals surface area (Å²) in [5.41, 5.74) is 1.89. The van der Waals surface area contributed by atoms with Crippen LogP contribution < -0.4 is 10.1 Å². The van der Waals surface area contributed by atoms with Crippen LogP contribution in [0.1, 0.15) is 32.6 Å². The summed E-state index contributed by atoms with van der Waals surface area (Å²) in [6, 6.07) is 9.20. The molecule has 0 unspecified atom stereocenters. The Labute approximate surface area is 125 Å². The molecule has 1 saturated carbocycles. The average molecular weight is 284 g/mol. The summed E-state index contributed by atoms with van der Waals surface area (Å²) in [5.74, 6) is 1.02. The number of allylic oxidation sites excluding steroid dienone is 1. The van der Waals surface area contributed by atoms with Crippen LogP contribution in [0.2, 0.25) is 0 Å². The average Bonchev–Trinajstić information content (AvgIpc) is 2.50. The van der Waals surface area contributed by atoms with E-state index < -0.39 is 0 Å². The van der Waals surface area contributed by atoms with E-state index >= 15 is 0 Å². The topological polar surface area (TPSA) is 62.1 Å². The number of nitrogens with zero attached hydrogens (tertiary/aromatic N) is 1. The Morgan fingerprint density at radius 2 is 2.10 bits per heavy atom. The first-order valence-corrected chi connectivity index (χ1v) is 7.21. The molecule has 110 valence electrons. The number of methoxy groups -OCH3 is 1. The second kappa shape index (κ2) is 6.94. The standard InChI is InChI=1S/C17H20N2O2/c1-12-6-8-13(9-7-12)16(11-18)17(20)19-14-4-3-5-15(10-14)21-2/h3-5,10,12H,6-9H2,1-2H3,(H,19,20). The van der Waals surface area contributed by atoms with Crippen molar-refractivity contribution in [1.82, 2.24) is 0 Å². The van der Waals surface area contributed by atoms with Gasteiger partial charge >= 0.3 is 0 Å². The molecule has 21 heavy (non-hydrogen) atoms. The fourth-order valence-electron chi connectivity index (χ4n) is 2.55. The van der Waals surface area contributed by atoms with Gasteiger partial charge in [-0.15, -0.1) is 0 Å². The van der Waals surface area contributed by atoms with Gasteiger partial charge in [-0.05, 0) is 49.3 Å². The number of anilines is 1. The Morgan fingerprint density at radius 1 is 1.38 bits per heavy atom. The van der Waals surface area contributed by atoms with Gasteiger partial charge in [0.1, 0.15) is 17.4 Å². The quantitative estimate of drug-likeness (QED) is 0.680. The van der Waals surface area contributed by atoms with Crippen LogP contribution in [0, 0.1) is 17.2 Å². The van der Waals surface area contributed by atoms with Crippen LogP contribution >= 0.6 is 0 Å². The lowest BCUT2D eigenvalue weighted by molar-refractivity contribution is -0.112. The fraction of sp³-hybridized carbons (Fsp3) is 0.412. The molecule has 4 nitrogen and oxygen atoms in total. The zero-order valence-corrected chi connectivity index (χ0v) is 12.5. The van der Waals surface area contributed by atoms with Crippen molar-refractivity contribution in [3.05, 3.63) is 35.4 Å². The Kier molecular flexibility index (Phi) is 4.99. The van der Waals surface area contributed by atoms with Crippen molar-refractivity contribution in [1.29, 1.82) is 5.26 Å². The van der Waals surface area contributed by atoms with Crippen LogP contribution in [-0.2, 0) is 4.79 Å². The second-order valence-corrected chi connectivity index (χ2v) is 5.46. The number of rotatable bonds is 3. The van der Waals surface area contributed by atoms with Crippen LogP contribution in [-0.4, -0.2) is 13.0 Å². The van der Waals surface area contributed by atoms with E-state index in [-0.39, 0.29) is 11.5 Å². The molecule has 1 amide bonds. The van der Waals surface area contributed by atoms with E-state index in [9.17, 15) is 10.1 Å². The maximum absolute atomic E-state index is 12.3. The molecular formula is C17H20N2O2. The minimum atomic E-state index is -0.324. The van der Waals surface area contributed by atoms with Gasteiger partial charge in [0.2, 0.25) is 0 Å². The van der Waals surface area contributed by atoms with Crippen LogP contribution in [0.25, 0.3) is 0 Å². The smallest absolute Gasteiger partial charge is 0.266 e. The number of carbonyl (C=O) groups excluding carboxylic acids is 1. The molecule has 1 fully saturated rings. The molecule has 0 aromatic heterocycles. The molecule has 1 N–H and O–H groups in total. The first-order chi connectivity index (χ1) is 10.1. The molecule has 1 aliphatic rings. The summed E-state index contributed by atoms with van der Waals surface area (Å²) in [7, 11) is 1.58. The first kappa shape index (κ1) is 15.1. The summed E-state index contributed by atoms with van der Waals surface area (Å²) < 4.78 is 5.12. The monoisotopic (exact) mass is 284 g/mol. The lowest BCUT2D eigenvalue weighted by atomic mass is 9.85. The normalized spacial score (nSPS) is 17.8. The van der Waals surface area contributed by atoms with Gasteiger partial charge in [0, 0.05) is 11.8 Å². The largest absolute Gasteiger partial charge is 0.497 e. The van der Waals surface area contributed by atoms with Crippen molar-refractivity contribution >= 4 is 11.6 Å². The summed E-state index contributed by atoms with van der Waals surface area (Å²) in [6.07, 6.45) is 3.78. The van der Waals surface area contributed by atoms with E-state index in [0.717, 1.165) is 31.3 Å². The molecule has 1 aromatic rings. The number of amides is 1. The van der Waals surface area contributed by atoms with E-state index in [2.05, 4.69) is 18.3 Å². The molecule has 1 aromatic carbocycles. The molecule has 1 aliphatic carbocycles. The third-order valence-corrected chi connectivity index (χ3v) is 3.90. The highest BCUT2D eigenvalue weighted by molar-refractivity contribution is 6.07. The van der Waals surface area contributed by atoms with Crippen molar-refractivity contribution in [2.75, 3.05) is 12.4 Å². The highest BCUT2D eigenvalue weighted by Gasteiger charge is 2.20. The molecule has 2 rings (SSSR count). The van der Waals surface area contributed by atoms with Crippen molar-refractivity contribution in [3.63, 3.8) is 0 Å². The van der Waals surface area contributed by atoms with Gasteiger partial charge in [0.05, 0.1) is 7.11 Å². The molecule has 0 atom stereocenters. The highest BCUT2D eigenvalue weighted by atomic mass is 16.5. The van der Waals surface area contributed by atoms with E-state index in [4.69, 9.17) is 4.74 Å². The lowest BCUT2D eigenvalue weighted by Gasteiger charge is -2.21. The SMILES string of the molecule is COc1cccc(NC(=O)C(C#N)=C2CCC(C)CC2)c1. The Hall–Kier alpha value is -2.28. The Morgan fingerprint density at radius 3 is 2.71 bits per heavy atom. The predicted octanol–water partition coefficient (Wildman–Crippen LogP) is 3.66. The molecule has 0 heterocycles. The van der Waals surface area contributed by atoms with E-state index in [1.807, 2.05) is 6.07 Å². The number of benzene rings is 1. The zero-order valence-electron chi connectivity index (χ0n) is 12.5. The highest BCUT2D eigenvalue weighted by Crippen LogP contribution is 2.30. The lowest BCUT2D eigenvalue weighted by Crippen LogP contribution is -2.17. The number of hydrogen-bond donors (Lipinski definition) is 1. The maximum atomic E-state index is 12.3. The van der Waals surface area contributed by atoms with Gasteiger partial charge in [-0.1, -0.05) is 13.0 Å². The van der Waals surface area contributed by atoms with Crippen LogP contribution in [0.5, 0.6) is 5.75 Å². The van der Waals surface area contributed by atoms with Crippen molar-refractivity contribution in [2.24, 2.45) is 5.92 Å². The number of carbonyl (C=O) groups is 1. The second-order valence-electron chi connectivity index (χ2n) is 5.46. The maximum Gasteiger partial charge on any atom is 0.266 e. The van der Waals surface area contributed by atoms with Gasteiger partial charge in [-0.25, -0.2) is 0 Å². The molecule has 0 bridgehead atoms. The number of hydrogen-bond acceptors (Lipinski definition) is 3. The fourth-order valence-corrected chi connectivity index (χ4v) is 2.55. The first-order valence-electron chi connectivity index (χ1n) is 7.21. The minimum Gasteiger partial charge on any atom is -0.497 e. The number of nitriles is 1. The molecular weight excluding hydrogens is 264 g/mol. The van der Waals surface area contributed by atoms with E-state index in [1.165, 1.54) is 0 Å². The predicted molar refractivity (Wildman–Crippen MR) is 81.9 cm³/mol. The molecule has 0 aliphatic heterocycles. The number of nitrogens with one attached hydrogen (secondary N) is 1. The minimum absolute atomic E-state index is 0.268. The Bertz CT molecular complexity index is 589.